The van der Waals surface area contributed by atoms with Gasteiger partial charge in [-0.15, -0.1) is 0 Å². The van der Waals surface area contributed by atoms with Crippen LogP contribution in [-0.4, -0.2) is 11.7 Å². The zero-order valence-electron chi connectivity index (χ0n) is 15.2. The maximum atomic E-state index is 13.4. The van der Waals surface area contributed by atoms with Gasteiger partial charge in [-0.05, 0) is 42.2 Å². The van der Waals surface area contributed by atoms with Crippen LogP contribution in [0, 0.1) is 0 Å². The molecule has 28 heavy (non-hydrogen) atoms. The molecule has 2 aliphatic heterocycles. The summed E-state index contributed by atoms with van der Waals surface area (Å²) in [4.78, 5) is 28.5. The Kier molecular flexibility index (Phi) is 2.85. The number of para-hydroxylation sites is 2. The highest BCUT2D eigenvalue weighted by atomic mass is 16.2. The van der Waals surface area contributed by atoms with E-state index in [9.17, 15) is 9.59 Å². The fourth-order valence-electron chi connectivity index (χ4n) is 5.63. The second-order valence-electron chi connectivity index (χ2n) is 7.74. The summed E-state index contributed by atoms with van der Waals surface area (Å²) in [7, 11) is 0. The Morgan fingerprint density at radius 3 is 2.29 bits per heavy atom. The Balaban J connectivity index is 1.79. The van der Waals surface area contributed by atoms with Crippen LogP contribution in [0.2, 0.25) is 0 Å². The lowest BCUT2D eigenvalue weighted by Crippen LogP contribution is -2.61. The molecule has 2 atom stereocenters. The largest absolute Gasteiger partial charge is 0.321 e. The normalized spacial score (nSPS) is 26.9. The number of aryl methyl sites for hydroxylation is 1. The van der Waals surface area contributed by atoms with Crippen LogP contribution in [0.25, 0.3) is 0 Å². The van der Waals surface area contributed by atoms with Crippen molar-refractivity contribution in [3.8, 4) is 0 Å². The van der Waals surface area contributed by atoms with Crippen molar-refractivity contribution in [2.45, 2.75) is 23.9 Å². The quantitative estimate of drug-likeness (QED) is 0.670. The zero-order valence-corrected chi connectivity index (χ0v) is 15.2. The van der Waals surface area contributed by atoms with Crippen LogP contribution < -0.4 is 10.2 Å². The third kappa shape index (κ3) is 1.55. The molecule has 136 valence electrons. The number of hydrogen-bond donors (Lipinski definition) is 1. The van der Waals surface area contributed by atoms with Crippen molar-refractivity contribution in [1.82, 2.24) is 5.32 Å². The first-order valence-corrected chi connectivity index (χ1v) is 9.60. The molecule has 4 nitrogen and oxygen atoms in total. The molecular formula is C24H18N2O2. The molecule has 0 bridgehead atoms. The summed E-state index contributed by atoms with van der Waals surface area (Å²) in [6.45, 7) is 0. The van der Waals surface area contributed by atoms with Crippen LogP contribution in [-0.2, 0) is 27.1 Å². The lowest BCUT2D eigenvalue weighted by Gasteiger charge is -2.48. The number of carbonyl (C=O) groups is 2. The second-order valence-corrected chi connectivity index (χ2v) is 7.74. The van der Waals surface area contributed by atoms with Crippen LogP contribution in [0.15, 0.2) is 78.9 Å². The second kappa shape index (κ2) is 5.10. The summed E-state index contributed by atoms with van der Waals surface area (Å²) in [5.74, 6) is -0.819. The predicted octanol–water partition coefficient (Wildman–Crippen LogP) is 3.57. The Bertz CT molecular complexity index is 1160. The molecule has 6 rings (SSSR count). The van der Waals surface area contributed by atoms with Crippen LogP contribution in [0.3, 0.4) is 0 Å². The molecule has 1 saturated heterocycles. The van der Waals surface area contributed by atoms with Crippen molar-refractivity contribution < 1.29 is 9.59 Å². The maximum absolute atomic E-state index is 13.4. The van der Waals surface area contributed by atoms with E-state index in [0.717, 1.165) is 28.9 Å². The van der Waals surface area contributed by atoms with E-state index in [-0.39, 0.29) is 5.78 Å². The summed E-state index contributed by atoms with van der Waals surface area (Å²) < 4.78 is 0. The van der Waals surface area contributed by atoms with Gasteiger partial charge in [0.15, 0.2) is 5.66 Å². The number of Topliss-reactive ketones (excluding diaryl/α,β-unsaturated/α-hetero) is 1. The lowest BCUT2D eigenvalue weighted by molar-refractivity contribution is -0.137. The van der Waals surface area contributed by atoms with Gasteiger partial charge in [0.1, 0.15) is 5.41 Å². The highest BCUT2D eigenvalue weighted by Gasteiger charge is 2.74. The van der Waals surface area contributed by atoms with Gasteiger partial charge in [0.2, 0.25) is 5.78 Å². The van der Waals surface area contributed by atoms with Gasteiger partial charge in [-0.25, -0.2) is 0 Å². The van der Waals surface area contributed by atoms with Gasteiger partial charge in [0.05, 0.1) is 0 Å². The molecule has 0 radical (unpaired) electrons. The summed E-state index contributed by atoms with van der Waals surface area (Å²) in [5.41, 5.74) is 3.24. The molecule has 3 aromatic carbocycles. The van der Waals surface area contributed by atoms with Gasteiger partial charge in [-0.3, -0.25) is 9.59 Å². The number of anilines is 2. The number of benzene rings is 3. The van der Waals surface area contributed by atoms with Gasteiger partial charge in [0, 0.05) is 16.9 Å². The van der Waals surface area contributed by atoms with Crippen molar-refractivity contribution in [3.05, 3.63) is 95.6 Å². The van der Waals surface area contributed by atoms with E-state index >= 15 is 0 Å². The molecule has 3 aliphatic rings. The number of nitrogens with one attached hydrogen (secondary N) is 1. The Labute approximate surface area is 162 Å². The smallest absolute Gasteiger partial charge is 0.290 e. The van der Waals surface area contributed by atoms with E-state index in [0.29, 0.717) is 6.42 Å². The Morgan fingerprint density at radius 2 is 1.46 bits per heavy atom. The van der Waals surface area contributed by atoms with Crippen molar-refractivity contribution in [1.29, 1.82) is 0 Å². The minimum atomic E-state index is -0.930. The fourth-order valence-corrected chi connectivity index (χ4v) is 5.63. The van der Waals surface area contributed by atoms with Crippen LogP contribution >= 0.6 is 0 Å². The topological polar surface area (TPSA) is 49.4 Å². The molecule has 0 saturated carbocycles. The average molecular weight is 366 g/mol. The first kappa shape index (κ1) is 15.6. The SMILES string of the molecule is O=C1NC23c4ccccc4CCC2(C1=O)c1ccccc1N3c1ccccc1. The molecule has 0 aromatic heterocycles. The lowest BCUT2D eigenvalue weighted by atomic mass is 9.62. The van der Waals surface area contributed by atoms with Gasteiger partial charge in [0.25, 0.3) is 5.91 Å². The molecule has 4 heteroatoms. The minimum Gasteiger partial charge on any atom is -0.321 e. The molecule has 2 heterocycles. The van der Waals surface area contributed by atoms with Crippen molar-refractivity contribution >= 4 is 23.1 Å². The van der Waals surface area contributed by atoms with E-state index in [1.165, 1.54) is 5.56 Å². The summed E-state index contributed by atoms with van der Waals surface area (Å²) in [6, 6.07) is 26.2. The van der Waals surface area contributed by atoms with Gasteiger partial charge in [-0.2, -0.15) is 0 Å². The molecule has 1 N–H and O–H groups in total. The molecule has 2 unspecified atom stereocenters. The van der Waals surface area contributed by atoms with E-state index in [4.69, 9.17) is 0 Å². The van der Waals surface area contributed by atoms with Crippen LogP contribution in [0.4, 0.5) is 11.4 Å². The third-order valence-electron chi connectivity index (χ3n) is 6.64. The van der Waals surface area contributed by atoms with Crippen molar-refractivity contribution in [2.24, 2.45) is 0 Å². The Morgan fingerprint density at radius 1 is 0.786 bits per heavy atom. The summed E-state index contributed by atoms with van der Waals surface area (Å²) >= 11 is 0. The average Bonchev–Trinajstić information content (AvgIpc) is 3.14. The number of carbonyl (C=O) groups excluding carboxylic acids is 2. The van der Waals surface area contributed by atoms with E-state index in [1.807, 2.05) is 60.7 Å². The molecule has 1 aliphatic carbocycles. The third-order valence-corrected chi connectivity index (χ3v) is 6.64. The van der Waals surface area contributed by atoms with Crippen LogP contribution in [0.1, 0.15) is 23.1 Å². The van der Waals surface area contributed by atoms with E-state index < -0.39 is 17.0 Å². The first-order valence-electron chi connectivity index (χ1n) is 9.60. The molecule has 0 spiro atoms. The van der Waals surface area contributed by atoms with Crippen molar-refractivity contribution in [3.63, 3.8) is 0 Å². The highest BCUT2D eigenvalue weighted by Crippen LogP contribution is 2.64. The summed E-state index contributed by atoms with van der Waals surface area (Å²) in [6.07, 6.45) is 1.39. The van der Waals surface area contributed by atoms with E-state index in [2.05, 4.69) is 28.4 Å². The monoisotopic (exact) mass is 366 g/mol. The number of hydrogen-bond acceptors (Lipinski definition) is 3. The van der Waals surface area contributed by atoms with Gasteiger partial charge >= 0.3 is 0 Å². The Hall–Kier alpha value is -3.40. The van der Waals surface area contributed by atoms with E-state index in [1.54, 1.807) is 0 Å². The highest BCUT2D eigenvalue weighted by molar-refractivity contribution is 6.43. The predicted molar refractivity (Wildman–Crippen MR) is 106 cm³/mol. The first-order chi connectivity index (χ1) is 13.7. The maximum Gasteiger partial charge on any atom is 0.290 e. The number of fused-ring (bicyclic) bond motifs is 2. The number of rotatable bonds is 1. The molecular weight excluding hydrogens is 348 g/mol. The van der Waals surface area contributed by atoms with Gasteiger partial charge < -0.3 is 10.2 Å². The number of ketones is 1. The van der Waals surface area contributed by atoms with Crippen LogP contribution in [0.5, 0.6) is 0 Å². The number of nitrogens with zero attached hydrogens (tertiary/aromatic N) is 1. The summed E-state index contributed by atoms with van der Waals surface area (Å²) in [5, 5.41) is 3.16. The number of amides is 1. The standard InChI is InChI=1S/C24H18N2O2/c27-21-22(28)25-24-18-11-5-4-8-16(18)14-15-23(21,24)19-12-6-7-13-20(19)26(24)17-9-2-1-3-10-17/h1-13H,14-15H2,(H,25,28). The van der Waals surface area contributed by atoms with Crippen molar-refractivity contribution in [2.75, 3.05) is 4.90 Å². The molecule has 1 amide bonds. The fraction of sp³-hybridized carbons (Fsp3) is 0.167. The molecule has 1 fully saturated rings. The zero-order chi connectivity index (χ0) is 18.9. The van der Waals surface area contributed by atoms with Gasteiger partial charge in [-0.1, -0.05) is 60.7 Å². The molecule has 3 aromatic rings. The minimum absolute atomic E-state index is 0.326.